The normalized spacial score (nSPS) is 19.1. The van der Waals surface area contributed by atoms with Gasteiger partial charge in [-0.2, -0.15) is 0 Å². The summed E-state index contributed by atoms with van der Waals surface area (Å²) in [5, 5.41) is 12.1. The number of nitrogens with zero attached hydrogens (tertiary/aromatic N) is 2. The molecule has 1 aromatic rings. The minimum Gasteiger partial charge on any atom is -0.409 e. The topological polar surface area (TPSA) is 61.8 Å². The van der Waals surface area contributed by atoms with Crippen LogP contribution in [0.1, 0.15) is 45.1 Å². The van der Waals surface area contributed by atoms with Gasteiger partial charge in [0.05, 0.1) is 0 Å². The molecule has 3 N–H and O–H groups in total. The lowest BCUT2D eigenvalue weighted by Crippen LogP contribution is -2.40. The Morgan fingerprint density at radius 3 is 2.40 bits per heavy atom. The molecule has 0 amide bonds. The average molecular weight is 275 g/mol. The van der Waals surface area contributed by atoms with E-state index in [1.807, 2.05) is 18.2 Å². The van der Waals surface area contributed by atoms with Crippen molar-refractivity contribution in [3.63, 3.8) is 0 Å². The maximum atomic E-state index is 8.91. The Hall–Kier alpha value is -1.71. The molecule has 1 heterocycles. The quantitative estimate of drug-likeness (QED) is 0.384. The Balaban J connectivity index is 2.19. The monoisotopic (exact) mass is 275 g/mol. The minimum absolute atomic E-state index is 0.184. The number of hydrogen-bond donors (Lipinski definition) is 2. The predicted octanol–water partition coefficient (Wildman–Crippen LogP) is 3.19. The van der Waals surface area contributed by atoms with E-state index < -0.39 is 0 Å². The molecule has 0 aliphatic carbocycles. The van der Waals surface area contributed by atoms with Gasteiger partial charge < -0.3 is 15.8 Å². The summed E-state index contributed by atoms with van der Waals surface area (Å²) in [4.78, 5) is 2.36. The van der Waals surface area contributed by atoms with Gasteiger partial charge >= 0.3 is 0 Å². The lowest BCUT2D eigenvalue weighted by molar-refractivity contribution is 0.199. The van der Waals surface area contributed by atoms with E-state index in [-0.39, 0.29) is 5.84 Å². The van der Waals surface area contributed by atoms with Gasteiger partial charge in [-0.05, 0) is 30.4 Å². The number of piperidine rings is 1. The van der Waals surface area contributed by atoms with Crippen LogP contribution in [-0.4, -0.2) is 24.1 Å². The van der Waals surface area contributed by atoms with Crippen LogP contribution in [0, 0.1) is 5.41 Å². The summed E-state index contributed by atoms with van der Waals surface area (Å²) in [6.07, 6.45) is 4.92. The third-order valence-electron chi connectivity index (χ3n) is 4.95. The second-order valence-corrected chi connectivity index (χ2v) is 5.70. The molecule has 20 heavy (non-hydrogen) atoms. The van der Waals surface area contributed by atoms with Gasteiger partial charge in [-0.15, -0.1) is 0 Å². The van der Waals surface area contributed by atoms with Gasteiger partial charge in [-0.25, -0.2) is 0 Å². The Bertz CT molecular complexity index is 470. The summed E-state index contributed by atoms with van der Waals surface area (Å²) in [7, 11) is 0. The van der Waals surface area contributed by atoms with Crippen LogP contribution >= 0.6 is 0 Å². The molecule has 0 aromatic heterocycles. The standard InChI is InChI=1S/C16H25N3O/c1-3-16(4-2)9-11-19(12-10-16)14-8-6-5-7-13(14)15(17)18-20/h5-8,20H,3-4,9-12H2,1-2H3,(H2,17,18). The Morgan fingerprint density at radius 1 is 1.25 bits per heavy atom. The maximum Gasteiger partial charge on any atom is 0.172 e. The molecule has 0 spiro atoms. The largest absolute Gasteiger partial charge is 0.409 e. The molecule has 2 rings (SSSR count). The highest BCUT2D eigenvalue weighted by Crippen LogP contribution is 2.39. The molecule has 0 unspecified atom stereocenters. The van der Waals surface area contributed by atoms with Crippen LogP contribution in [0.3, 0.4) is 0 Å². The highest BCUT2D eigenvalue weighted by molar-refractivity contribution is 6.02. The van der Waals surface area contributed by atoms with Crippen molar-refractivity contribution >= 4 is 11.5 Å². The fourth-order valence-electron chi connectivity index (χ4n) is 3.20. The van der Waals surface area contributed by atoms with Crippen LogP contribution in [0.2, 0.25) is 0 Å². The summed E-state index contributed by atoms with van der Waals surface area (Å²) >= 11 is 0. The smallest absolute Gasteiger partial charge is 0.172 e. The molecule has 1 fully saturated rings. The fourth-order valence-corrected chi connectivity index (χ4v) is 3.20. The van der Waals surface area contributed by atoms with Crippen LogP contribution in [0.4, 0.5) is 5.69 Å². The van der Waals surface area contributed by atoms with Gasteiger partial charge in [-0.1, -0.05) is 44.0 Å². The number of nitrogens with two attached hydrogens (primary N) is 1. The molecular formula is C16H25N3O. The molecule has 1 aromatic carbocycles. The first-order chi connectivity index (χ1) is 9.65. The Kier molecular flexibility index (Phi) is 4.53. The van der Waals surface area contributed by atoms with Crippen LogP contribution in [0.5, 0.6) is 0 Å². The number of benzene rings is 1. The first kappa shape index (κ1) is 14.7. The molecular weight excluding hydrogens is 250 g/mol. The second-order valence-electron chi connectivity index (χ2n) is 5.70. The van der Waals surface area contributed by atoms with Crippen molar-refractivity contribution in [2.24, 2.45) is 16.3 Å². The van der Waals surface area contributed by atoms with E-state index in [0.29, 0.717) is 5.41 Å². The average Bonchev–Trinajstić information content (AvgIpc) is 2.54. The van der Waals surface area contributed by atoms with Crippen molar-refractivity contribution in [1.82, 2.24) is 0 Å². The molecule has 1 aliphatic rings. The van der Waals surface area contributed by atoms with E-state index in [4.69, 9.17) is 10.9 Å². The van der Waals surface area contributed by atoms with Crippen molar-refractivity contribution < 1.29 is 5.21 Å². The maximum absolute atomic E-state index is 8.91. The lowest BCUT2D eigenvalue weighted by Gasteiger charge is -2.42. The summed E-state index contributed by atoms with van der Waals surface area (Å²) in [5.41, 5.74) is 8.17. The Labute approximate surface area is 121 Å². The van der Waals surface area contributed by atoms with Crippen molar-refractivity contribution in [2.75, 3.05) is 18.0 Å². The summed E-state index contributed by atoms with van der Waals surface area (Å²) in [6.45, 7) is 6.67. The number of amidine groups is 1. The van der Waals surface area contributed by atoms with E-state index in [0.717, 1.165) is 24.3 Å². The number of rotatable bonds is 4. The predicted molar refractivity (Wildman–Crippen MR) is 83.4 cm³/mol. The fraction of sp³-hybridized carbons (Fsp3) is 0.562. The number of para-hydroxylation sites is 1. The third kappa shape index (κ3) is 2.74. The zero-order chi connectivity index (χ0) is 14.6. The van der Waals surface area contributed by atoms with Gasteiger partial charge in [0.1, 0.15) is 0 Å². The number of anilines is 1. The van der Waals surface area contributed by atoms with Gasteiger partial charge in [0.2, 0.25) is 0 Å². The first-order valence-corrected chi connectivity index (χ1v) is 7.47. The van der Waals surface area contributed by atoms with Crippen molar-refractivity contribution in [3.05, 3.63) is 29.8 Å². The van der Waals surface area contributed by atoms with Crippen molar-refractivity contribution in [3.8, 4) is 0 Å². The molecule has 110 valence electrons. The number of oxime groups is 1. The summed E-state index contributed by atoms with van der Waals surface area (Å²) < 4.78 is 0. The van der Waals surface area contributed by atoms with Gasteiger partial charge in [-0.3, -0.25) is 0 Å². The first-order valence-electron chi connectivity index (χ1n) is 7.47. The highest BCUT2D eigenvalue weighted by Gasteiger charge is 2.31. The molecule has 0 radical (unpaired) electrons. The van der Waals surface area contributed by atoms with E-state index in [9.17, 15) is 0 Å². The van der Waals surface area contributed by atoms with Crippen LogP contribution in [-0.2, 0) is 0 Å². The van der Waals surface area contributed by atoms with Crippen molar-refractivity contribution in [1.29, 1.82) is 0 Å². The van der Waals surface area contributed by atoms with Crippen molar-refractivity contribution in [2.45, 2.75) is 39.5 Å². The van der Waals surface area contributed by atoms with E-state index >= 15 is 0 Å². The van der Waals surface area contributed by atoms with E-state index in [1.165, 1.54) is 25.7 Å². The zero-order valence-electron chi connectivity index (χ0n) is 12.5. The number of hydrogen-bond acceptors (Lipinski definition) is 3. The molecule has 1 aliphatic heterocycles. The van der Waals surface area contributed by atoms with Crippen LogP contribution in [0.25, 0.3) is 0 Å². The third-order valence-corrected chi connectivity index (χ3v) is 4.95. The second kappa shape index (κ2) is 6.16. The highest BCUT2D eigenvalue weighted by atomic mass is 16.4. The summed E-state index contributed by atoms with van der Waals surface area (Å²) in [6, 6.07) is 7.89. The van der Waals surface area contributed by atoms with Gasteiger partial charge in [0.15, 0.2) is 5.84 Å². The lowest BCUT2D eigenvalue weighted by atomic mass is 9.74. The molecule has 4 heteroatoms. The molecule has 0 bridgehead atoms. The molecule has 0 saturated carbocycles. The SMILES string of the molecule is CCC1(CC)CCN(c2ccccc2C(N)=NO)CC1. The molecule has 0 atom stereocenters. The van der Waals surface area contributed by atoms with E-state index in [2.05, 4.69) is 30.0 Å². The van der Waals surface area contributed by atoms with Crippen LogP contribution in [0.15, 0.2) is 29.4 Å². The Morgan fingerprint density at radius 2 is 1.85 bits per heavy atom. The van der Waals surface area contributed by atoms with Gasteiger partial charge in [0, 0.05) is 24.3 Å². The van der Waals surface area contributed by atoms with E-state index in [1.54, 1.807) is 0 Å². The summed E-state index contributed by atoms with van der Waals surface area (Å²) in [5.74, 6) is 0.184. The zero-order valence-corrected chi connectivity index (χ0v) is 12.5. The minimum atomic E-state index is 0.184. The molecule has 4 nitrogen and oxygen atoms in total. The van der Waals surface area contributed by atoms with Gasteiger partial charge in [0.25, 0.3) is 0 Å². The van der Waals surface area contributed by atoms with Crippen LogP contribution < -0.4 is 10.6 Å². The molecule has 1 saturated heterocycles.